The number of nitrogens with zero attached hydrogens (tertiary/aromatic N) is 2. The lowest BCUT2D eigenvalue weighted by atomic mass is 9.97. The summed E-state index contributed by atoms with van der Waals surface area (Å²) in [5.41, 5.74) is 1.89. The largest absolute Gasteiger partial charge is 0.332 e. The lowest BCUT2D eigenvalue weighted by Gasteiger charge is -2.32. The molecule has 0 bridgehead atoms. The molecule has 0 saturated heterocycles. The van der Waals surface area contributed by atoms with Crippen LogP contribution in [0.4, 0.5) is 4.39 Å². The van der Waals surface area contributed by atoms with Gasteiger partial charge in [-0.1, -0.05) is 24.6 Å². The van der Waals surface area contributed by atoms with E-state index in [1.54, 1.807) is 24.5 Å². The molecule has 4 heteroatoms. The molecule has 3 nitrogen and oxygen atoms in total. The molecule has 0 radical (unpaired) electrons. The molecular formula is C21H23FN2O. The van der Waals surface area contributed by atoms with Crippen molar-refractivity contribution in [2.75, 3.05) is 6.54 Å². The van der Waals surface area contributed by atoms with E-state index in [0.29, 0.717) is 18.4 Å². The van der Waals surface area contributed by atoms with Gasteiger partial charge in [-0.2, -0.15) is 0 Å². The summed E-state index contributed by atoms with van der Waals surface area (Å²) in [6.45, 7) is 2.65. The normalized spacial score (nSPS) is 25.3. The van der Waals surface area contributed by atoms with Crippen LogP contribution in [0.5, 0.6) is 0 Å². The summed E-state index contributed by atoms with van der Waals surface area (Å²) in [6, 6.07) is 10.1. The Morgan fingerprint density at radius 2 is 1.92 bits per heavy atom. The Labute approximate surface area is 147 Å². The van der Waals surface area contributed by atoms with E-state index in [-0.39, 0.29) is 23.7 Å². The van der Waals surface area contributed by atoms with Gasteiger partial charge in [0.15, 0.2) is 0 Å². The van der Waals surface area contributed by atoms with Gasteiger partial charge in [0.1, 0.15) is 5.82 Å². The van der Waals surface area contributed by atoms with E-state index in [9.17, 15) is 9.18 Å². The third-order valence-electron chi connectivity index (χ3n) is 5.81. The van der Waals surface area contributed by atoms with Gasteiger partial charge < -0.3 is 4.90 Å². The molecule has 1 heterocycles. The van der Waals surface area contributed by atoms with Crippen molar-refractivity contribution in [1.29, 1.82) is 0 Å². The minimum Gasteiger partial charge on any atom is -0.332 e. The van der Waals surface area contributed by atoms with Gasteiger partial charge in [-0.15, -0.1) is 0 Å². The molecule has 1 aromatic heterocycles. The highest BCUT2D eigenvalue weighted by atomic mass is 19.1. The molecular weight excluding hydrogens is 315 g/mol. The number of hydrogen-bond acceptors (Lipinski definition) is 2. The maximum absolute atomic E-state index is 13.4. The smallest absolute Gasteiger partial charge is 0.227 e. The summed E-state index contributed by atoms with van der Waals surface area (Å²) in [5, 5.41) is 0. The number of rotatable bonds is 5. The Balaban J connectivity index is 1.68. The molecule has 1 aromatic carbocycles. The van der Waals surface area contributed by atoms with Crippen molar-refractivity contribution in [2.45, 2.75) is 32.2 Å². The van der Waals surface area contributed by atoms with E-state index >= 15 is 0 Å². The Bertz CT molecular complexity index is 736. The first-order valence-corrected chi connectivity index (χ1v) is 9.16. The zero-order chi connectivity index (χ0) is 17.4. The van der Waals surface area contributed by atoms with Crippen LogP contribution < -0.4 is 0 Å². The van der Waals surface area contributed by atoms with Crippen LogP contribution in [0.3, 0.4) is 0 Å². The number of pyridine rings is 1. The fourth-order valence-electron chi connectivity index (χ4n) is 4.58. The van der Waals surface area contributed by atoms with Gasteiger partial charge in [0.2, 0.25) is 5.91 Å². The number of carbonyl (C=O) groups excluding carboxylic acids is 1. The van der Waals surface area contributed by atoms with Gasteiger partial charge in [-0.05, 0) is 60.9 Å². The molecule has 2 aromatic rings. The fourth-order valence-corrected chi connectivity index (χ4v) is 4.58. The zero-order valence-electron chi connectivity index (χ0n) is 14.4. The number of carbonyl (C=O) groups is 1. The van der Waals surface area contributed by atoms with Gasteiger partial charge in [-0.25, -0.2) is 4.39 Å². The first-order chi connectivity index (χ1) is 12.2. The van der Waals surface area contributed by atoms with Crippen molar-refractivity contribution >= 4 is 5.91 Å². The van der Waals surface area contributed by atoms with Crippen LogP contribution in [-0.4, -0.2) is 22.3 Å². The van der Waals surface area contributed by atoms with Crippen molar-refractivity contribution in [3.8, 4) is 0 Å². The average molecular weight is 338 g/mol. The van der Waals surface area contributed by atoms with E-state index in [0.717, 1.165) is 11.1 Å². The Morgan fingerprint density at radius 1 is 1.20 bits per heavy atom. The van der Waals surface area contributed by atoms with E-state index in [4.69, 9.17) is 0 Å². The molecule has 25 heavy (non-hydrogen) atoms. The molecule has 4 atom stereocenters. The number of fused-ring (bicyclic) bond motifs is 1. The molecule has 2 aliphatic carbocycles. The van der Waals surface area contributed by atoms with Gasteiger partial charge >= 0.3 is 0 Å². The minimum absolute atomic E-state index is 0.188. The van der Waals surface area contributed by atoms with Crippen molar-refractivity contribution < 1.29 is 9.18 Å². The van der Waals surface area contributed by atoms with E-state index in [1.807, 2.05) is 24.0 Å². The molecule has 130 valence electrons. The highest BCUT2D eigenvalue weighted by Crippen LogP contribution is 2.58. The fraction of sp³-hybridized carbons (Fsp3) is 0.429. The molecule has 0 aliphatic heterocycles. The second-order valence-electron chi connectivity index (χ2n) is 7.15. The molecule has 4 rings (SSSR count). The SMILES string of the molecule is CCN(C(=O)C1[C@H]2CCC[C@@H]12)[C@H](c1ccc(F)cc1)c1cccnc1. The summed E-state index contributed by atoms with van der Waals surface area (Å²) >= 11 is 0. The van der Waals surface area contributed by atoms with Gasteiger partial charge in [0.05, 0.1) is 6.04 Å². The van der Waals surface area contributed by atoms with Crippen molar-refractivity contribution in [3.05, 3.63) is 65.7 Å². The number of hydrogen-bond donors (Lipinski definition) is 0. The molecule has 2 fully saturated rings. The highest BCUT2D eigenvalue weighted by molar-refractivity contribution is 5.83. The highest BCUT2D eigenvalue weighted by Gasteiger charge is 2.57. The third kappa shape index (κ3) is 2.94. The second kappa shape index (κ2) is 6.58. The van der Waals surface area contributed by atoms with E-state index in [2.05, 4.69) is 4.98 Å². The number of benzene rings is 1. The van der Waals surface area contributed by atoms with Crippen LogP contribution in [0.2, 0.25) is 0 Å². The monoisotopic (exact) mass is 338 g/mol. The van der Waals surface area contributed by atoms with Crippen LogP contribution in [0.25, 0.3) is 0 Å². The van der Waals surface area contributed by atoms with Crippen LogP contribution in [0, 0.1) is 23.6 Å². The molecule has 1 unspecified atom stereocenters. The molecule has 1 amide bonds. The quantitative estimate of drug-likeness (QED) is 0.818. The van der Waals surface area contributed by atoms with E-state index < -0.39 is 0 Å². The lowest BCUT2D eigenvalue weighted by Crippen LogP contribution is -2.37. The predicted octanol–water partition coefficient (Wildman–Crippen LogP) is 4.20. The summed E-state index contributed by atoms with van der Waals surface area (Å²) in [7, 11) is 0. The molecule has 2 saturated carbocycles. The van der Waals surface area contributed by atoms with Crippen LogP contribution in [-0.2, 0) is 4.79 Å². The summed E-state index contributed by atoms with van der Waals surface area (Å²) in [5.74, 6) is 1.34. The second-order valence-corrected chi connectivity index (χ2v) is 7.15. The van der Waals surface area contributed by atoms with Gasteiger partial charge in [-0.3, -0.25) is 9.78 Å². The average Bonchev–Trinajstić information content (AvgIpc) is 3.12. The van der Waals surface area contributed by atoms with Crippen LogP contribution >= 0.6 is 0 Å². The number of halogens is 1. The maximum atomic E-state index is 13.4. The molecule has 2 aliphatic rings. The van der Waals surface area contributed by atoms with Crippen molar-refractivity contribution in [2.24, 2.45) is 17.8 Å². The Kier molecular flexibility index (Phi) is 4.28. The summed E-state index contributed by atoms with van der Waals surface area (Å²) in [6.07, 6.45) is 7.17. The first-order valence-electron chi connectivity index (χ1n) is 9.16. The summed E-state index contributed by atoms with van der Waals surface area (Å²) in [4.78, 5) is 19.4. The third-order valence-corrected chi connectivity index (χ3v) is 5.81. The van der Waals surface area contributed by atoms with Gasteiger partial charge in [0.25, 0.3) is 0 Å². The standard InChI is InChI=1S/C21H23FN2O/c1-2-24(21(25)19-17-6-3-7-18(17)19)20(15-5-4-12-23-13-15)14-8-10-16(22)11-9-14/h4-5,8-13,17-20H,2-3,6-7H2,1H3/t17-,18+,19?,20-/m1/s1. The zero-order valence-corrected chi connectivity index (χ0v) is 14.4. The summed E-state index contributed by atoms with van der Waals surface area (Å²) < 4.78 is 13.4. The minimum atomic E-state index is -0.264. The van der Waals surface area contributed by atoms with Crippen molar-refractivity contribution in [1.82, 2.24) is 9.88 Å². The number of aromatic nitrogens is 1. The number of amides is 1. The van der Waals surface area contributed by atoms with Crippen LogP contribution in [0.15, 0.2) is 48.8 Å². The van der Waals surface area contributed by atoms with Crippen molar-refractivity contribution in [3.63, 3.8) is 0 Å². The maximum Gasteiger partial charge on any atom is 0.227 e. The van der Waals surface area contributed by atoms with Crippen LogP contribution in [0.1, 0.15) is 43.4 Å². The first kappa shape index (κ1) is 16.2. The lowest BCUT2D eigenvalue weighted by molar-refractivity contribution is -0.135. The molecule has 0 spiro atoms. The Morgan fingerprint density at radius 3 is 2.52 bits per heavy atom. The van der Waals surface area contributed by atoms with Gasteiger partial charge in [0, 0.05) is 24.9 Å². The molecule has 0 N–H and O–H groups in total. The predicted molar refractivity (Wildman–Crippen MR) is 94.2 cm³/mol. The van der Waals surface area contributed by atoms with E-state index in [1.165, 1.54) is 31.4 Å². The topological polar surface area (TPSA) is 33.2 Å². The Hall–Kier alpha value is -2.23.